The number of anilines is 1. The van der Waals surface area contributed by atoms with Crippen LogP contribution in [0.2, 0.25) is 0 Å². The Bertz CT molecular complexity index is 1870. The highest BCUT2D eigenvalue weighted by atomic mass is 19.1. The van der Waals surface area contributed by atoms with Crippen molar-refractivity contribution in [1.82, 2.24) is 24.6 Å². The number of benzene rings is 2. The lowest BCUT2D eigenvalue weighted by Crippen LogP contribution is -2.40. The lowest BCUT2D eigenvalue weighted by molar-refractivity contribution is -0.0572. The van der Waals surface area contributed by atoms with Crippen molar-refractivity contribution in [3.05, 3.63) is 77.1 Å². The van der Waals surface area contributed by atoms with Crippen LogP contribution in [0, 0.1) is 5.82 Å². The molecule has 12 nitrogen and oxygen atoms in total. The summed E-state index contributed by atoms with van der Waals surface area (Å²) in [5.74, 6) is 1.21. The standard InChI is InChI=1S/C32H33FN6O6/c1-5-10-45-30(40)24-9-7-20(17-34-24)32(41)14-19(15-32)28-37-29-23-11-21(33)12-26(44-4)27(23)36-31(39(29)38-28)35-16-18-6-8-22(42-2)13-25(18)43-3/h6-9,11-13,17,19,41H,5,10,14-16H2,1-4H3,(H,35,36). The smallest absolute Gasteiger partial charge is 0.356 e. The molecule has 0 spiro atoms. The van der Waals surface area contributed by atoms with Crippen molar-refractivity contribution in [3.63, 3.8) is 0 Å². The van der Waals surface area contributed by atoms with Crippen molar-refractivity contribution in [1.29, 1.82) is 0 Å². The first-order chi connectivity index (χ1) is 21.8. The molecule has 2 aromatic carbocycles. The second kappa shape index (κ2) is 12.2. The third kappa shape index (κ3) is 5.66. The van der Waals surface area contributed by atoms with Crippen LogP contribution in [-0.2, 0) is 16.9 Å². The summed E-state index contributed by atoms with van der Waals surface area (Å²) in [5, 5.41) is 19.9. The van der Waals surface area contributed by atoms with Crippen LogP contribution in [0.25, 0.3) is 16.6 Å². The molecule has 0 unspecified atom stereocenters. The van der Waals surface area contributed by atoms with Crippen LogP contribution in [-0.4, -0.2) is 63.6 Å². The molecule has 234 valence electrons. The maximum absolute atomic E-state index is 14.6. The molecule has 45 heavy (non-hydrogen) atoms. The minimum Gasteiger partial charge on any atom is -0.497 e. The molecule has 1 saturated carbocycles. The Morgan fingerprint density at radius 1 is 1.07 bits per heavy atom. The second-order valence-corrected chi connectivity index (χ2v) is 10.9. The molecule has 1 aliphatic carbocycles. The van der Waals surface area contributed by atoms with Gasteiger partial charge in [0.25, 0.3) is 0 Å². The van der Waals surface area contributed by atoms with Gasteiger partial charge in [-0.1, -0.05) is 13.0 Å². The predicted molar refractivity (Wildman–Crippen MR) is 162 cm³/mol. The molecule has 0 radical (unpaired) electrons. The quantitative estimate of drug-likeness (QED) is 0.198. The van der Waals surface area contributed by atoms with E-state index in [4.69, 9.17) is 34.0 Å². The summed E-state index contributed by atoms with van der Waals surface area (Å²) in [7, 11) is 4.62. The SMILES string of the molecule is CCCOC(=O)c1ccc(C2(O)CC(c3nc4c5cc(F)cc(OC)c5nc(NCc5ccc(OC)cc5OC)n4n3)C2)cn1. The number of ether oxygens (including phenoxy) is 4. The Morgan fingerprint density at radius 3 is 2.56 bits per heavy atom. The van der Waals surface area contributed by atoms with Crippen LogP contribution in [0.3, 0.4) is 0 Å². The van der Waals surface area contributed by atoms with E-state index in [1.807, 2.05) is 19.1 Å². The summed E-state index contributed by atoms with van der Waals surface area (Å²) < 4.78 is 37.6. The van der Waals surface area contributed by atoms with Crippen molar-refractivity contribution in [3.8, 4) is 17.2 Å². The Balaban J connectivity index is 1.30. The topological polar surface area (TPSA) is 142 Å². The van der Waals surface area contributed by atoms with Crippen LogP contribution >= 0.6 is 0 Å². The van der Waals surface area contributed by atoms with Gasteiger partial charge in [-0.15, -0.1) is 5.10 Å². The van der Waals surface area contributed by atoms with E-state index in [1.54, 1.807) is 36.9 Å². The Kier molecular flexibility index (Phi) is 8.11. The molecule has 2 N–H and O–H groups in total. The zero-order chi connectivity index (χ0) is 31.7. The molecule has 3 heterocycles. The number of rotatable bonds is 11. The highest BCUT2D eigenvalue weighted by molar-refractivity contribution is 5.96. The van der Waals surface area contributed by atoms with Crippen LogP contribution in [0.4, 0.5) is 10.3 Å². The number of methoxy groups -OCH3 is 3. The number of nitrogens with zero attached hydrogens (tertiary/aromatic N) is 5. The second-order valence-electron chi connectivity index (χ2n) is 10.9. The number of nitrogens with one attached hydrogen (secondary N) is 1. The zero-order valence-electron chi connectivity index (χ0n) is 25.3. The van der Waals surface area contributed by atoms with Gasteiger partial charge in [0, 0.05) is 41.9 Å². The molecular formula is C32H33FN6O6. The Hall–Kier alpha value is -5.04. The molecule has 0 atom stereocenters. The average molecular weight is 617 g/mol. The van der Waals surface area contributed by atoms with E-state index in [1.165, 1.54) is 25.4 Å². The lowest BCUT2D eigenvalue weighted by atomic mass is 9.67. The van der Waals surface area contributed by atoms with E-state index in [-0.39, 0.29) is 17.4 Å². The fraction of sp³-hybridized carbons (Fsp3) is 0.344. The van der Waals surface area contributed by atoms with Gasteiger partial charge in [-0.25, -0.2) is 24.1 Å². The number of esters is 1. The summed E-state index contributed by atoms with van der Waals surface area (Å²) >= 11 is 0. The van der Waals surface area contributed by atoms with E-state index in [9.17, 15) is 14.3 Å². The Labute approximate surface area is 258 Å². The van der Waals surface area contributed by atoms with Gasteiger partial charge in [0.1, 0.15) is 34.3 Å². The molecule has 0 amide bonds. The molecule has 0 bridgehead atoms. The number of fused-ring (bicyclic) bond motifs is 3. The summed E-state index contributed by atoms with van der Waals surface area (Å²) in [5.41, 5.74) is 1.27. The number of pyridine rings is 1. The van der Waals surface area contributed by atoms with Crippen LogP contribution in [0.5, 0.6) is 17.2 Å². The zero-order valence-corrected chi connectivity index (χ0v) is 25.3. The van der Waals surface area contributed by atoms with Gasteiger partial charge in [0.05, 0.1) is 38.9 Å². The van der Waals surface area contributed by atoms with Gasteiger partial charge in [-0.3, -0.25) is 0 Å². The first-order valence-electron chi connectivity index (χ1n) is 14.5. The molecule has 5 aromatic rings. The average Bonchev–Trinajstić information content (AvgIpc) is 3.50. The fourth-order valence-corrected chi connectivity index (χ4v) is 5.51. The van der Waals surface area contributed by atoms with E-state index >= 15 is 0 Å². The van der Waals surface area contributed by atoms with Gasteiger partial charge in [-0.05, 0) is 43.5 Å². The molecule has 1 fully saturated rings. The molecule has 13 heteroatoms. The summed E-state index contributed by atoms with van der Waals surface area (Å²) in [4.78, 5) is 25.9. The number of hydrogen-bond acceptors (Lipinski definition) is 11. The number of halogens is 1. The molecule has 0 aliphatic heterocycles. The lowest BCUT2D eigenvalue weighted by Gasteiger charge is -2.42. The highest BCUT2D eigenvalue weighted by Crippen LogP contribution is 2.50. The monoisotopic (exact) mass is 616 g/mol. The largest absolute Gasteiger partial charge is 0.497 e. The molecule has 6 rings (SSSR count). The van der Waals surface area contributed by atoms with E-state index < -0.39 is 17.4 Å². The highest BCUT2D eigenvalue weighted by Gasteiger charge is 2.47. The Morgan fingerprint density at radius 2 is 1.87 bits per heavy atom. The summed E-state index contributed by atoms with van der Waals surface area (Å²) in [6.07, 6.45) is 2.88. The molecule has 0 saturated heterocycles. The van der Waals surface area contributed by atoms with Gasteiger partial charge in [-0.2, -0.15) is 4.52 Å². The molecular weight excluding hydrogens is 583 g/mol. The van der Waals surface area contributed by atoms with Crippen molar-refractivity contribution >= 4 is 28.5 Å². The maximum atomic E-state index is 14.6. The normalized spacial score (nSPS) is 17.6. The third-order valence-corrected chi connectivity index (χ3v) is 7.95. The van der Waals surface area contributed by atoms with Gasteiger partial charge in [0.15, 0.2) is 11.5 Å². The molecule has 1 aliphatic rings. The van der Waals surface area contributed by atoms with E-state index in [0.29, 0.717) is 77.8 Å². The first kappa shape index (κ1) is 30.0. The predicted octanol–water partition coefficient (Wildman–Crippen LogP) is 4.78. The minimum absolute atomic E-state index is 0.183. The van der Waals surface area contributed by atoms with Crippen molar-refractivity contribution < 1.29 is 33.2 Å². The maximum Gasteiger partial charge on any atom is 0.356 e. The van der Waals surface area contributed by atoms with Crippen molar-refractivity contribution in [2.75, 3.05) is 33.3 Å². The van der Waals surface area contributed by atoms with Gasteiger partial charge < -0.3 is 29.4 Å². The summed E-state index contributed by atoms with van der Waals surface area (Å²) in [6.45, 7) is 2.56. The number of carbonyl (C=O) groups is 1. The minimum atomic E-state index is -1.16. The van der Waals surface area contributed by atoms with Crippen LogP contribution in [0.15, 0.2) is 48.7 Å². The third-order valence-electron chi connectivity index (χ3n) is 7.95. The van der Waals surface area contributed by atoms with E-state index in [2.05, 4.69) is 10.3 Å². The summed E-state index contributed by atoms with van der Waals surface area (Å²) in [6, 6.07) is 11.4. The number of hydrogen-bond donors (Lipinski definition) is 2. The van der Waals surface area contributed by atoms with Crippen LogP contribution in [0.1, 0.15) is 59.5 Å². The van der Waals surface area contributed by atoms with Gasteiger partial charge in [0.2, 0.25) is 5.95 Å². The number of aromatic nitrogens is 5. The van der Waals surface area contributed by atoms with E-state index in [0.717, 1.165) is 5.56 Å². The van der Waals surface area contributed by atoms with Gasteiger partial charge >= 0.3 is 5.97 Å². The molecule has 3 aromatic heterocycles. The fourth-order valence-electron chi connectivity index (χ4n) is 5.51. The van der Waals surface area contributed by atoms with Crippen LogP contribution < -0.4 is 19.5 Å². The first-order valence-corrected chi connectivity index (χ1v) is 14.5. The van der Waals surface area contributed by atoms with Crippen molar-refractivity contribution in [2.45, 2.75) is 44.2 Å². The van der Waals surface area contributed by atoms with Crippen molar-refractivity contribution in [2.24, 2.45) is 0 Å². The number of carbonyl (C=O) groups excluding carboxylic acids is 1. The number of aliphatic hydroxyl groups is 1.